The van der Waals surface area contributed by atoms with Gasteiger partial charge in [0.15, 0.2) is 0 Å². The van der Waals surface area contributed by atoms with E-state index in [1.54, 1.807) is 16.8 Å². The lowest BCUT2D eigenvalue weighted by atomic mass is 10.1. The molecule has 1 aromatic carbocycles. The quantitative estimate of drug-likeness (QED) is 0.770. The molecule has 0 fully saturated rings. The summed E-state index contributed by atoms with van der Waals surface area (Å²) in [6, 6.07) is 7.56. The molecule has 4 nitrogen and oxygen atoms in total. The molecule has 0 aliphatic rings. The molecule has 1 heterocycles. The van der Waals surface area contributed by atoms with E-state index in [0.29, 0.717) is 12.1 Å². The average molecular weight is 289 g/mol. The van der Waals surface area contributed by atoms with Gasteiger partial charge in [0.25, 0.3) is 5.91 Å². The van der Waals surface area contributed by atoms with Crippen LogP contribution in [0.25, 0.3) is 11.3 Å². The zero-order chi connectivity index (χ0) is 14.2. The molecule has 2 rings (SSSR count). The minimum atomic E-state index is -0.0413. The fourth-order valence-electron chi connectivity index (χ4n) is 1.84. The van der Waals surface area contributed by atoms with Crippen LogP contribution in [0, 0.1) is 0 Å². The van der Waals surface area contributed by atoms with Crippen molar-refractivity contribution in [1.82, 2.24) is 15.6 Å². The van der Waals surface area contributed by atoms with Crippen LogP contribution in [0.3, 0.4) is 0 Å². The Morgan fingerprint density at radius 1 is 1.30 bits per heavy atom. The molecule has 0 aliphatic carbocycles. The van der Waals surface area contributed by atoms with Crippen molar-refractivity contribution in [3.05, 3.63) is 40.7 Å². The van der Waals surface area contributed by atoms with Crippen molar-refractivity contribution in [2.24, 2.45) is 0 Å². The Balaban J connectivity index is 1.92. The standard InChI is InChI=1S/C15H19N3OS/c1-2-6-16-7-8-17-15(19)13-5-3-4-12(9-13)14-10-20-11-18-14/h3-5,9-11,16H,2,6-8H2,1H3,(H,17,19). The summed E-state index contributed by atoms with van der Waals surface area (Å²) in [5, 5.41) is 8.14. The Kier molecular flexibility index (Phi) is 5.70. The van der Waals surface area contributed by atoms with Gasteiger partial charge < -0.3 is 10.6 Å². The number of benzene rings is 1. The van der Waals surface area contributed by atoms with E-state index in [2.05, 4.69) is 22.5 Å². The number of aromatic nitrogens is 1. The maximum Gasteiger partial charge on any atom is 0.251 e. The van der Waals surface area contributed by atoms with Crippen molar-refractivity contribution in [3.8, 4) is 11.3 Å². The van der Waals surface area contributed by atoms with Crippen molar-refractivity contribution in [2.75, 3.05) is 19.6 Å². The van der Waals surface area contributed by atoms with E-state index < -0.39 is 0 Å². The van der Waals surface area contributed by atoms with Gasteiger partial charge in [-0.1, -0.05) is 19.1 Å². The molecule has 0 aliphatic heterocycles. The van der Waals surface area contributed by atoms with E-state index in [9.17, 15) is 4.79 Å². The van der Waals surface area contributed by atoms with Crippen LogP contribution < -0.4 is 10.6 Å². The topological polar surface area (TPSA) is 54.0 Å². The fourth-order valence-corrected chi connectivity index (χ4v) is 2.40. The maximum atomic E-state index is 12.0. The molecule has 0 saturated carbocycles. The maximum absolute atomic E-state index is 12.0. The highest BCUT2D eigenvalue weighted by Crippen LogP contribution is 2.19. The minimum absolute atomic E-state index is 0.0413. The molecule has 2 N–H and O–H groups in total. The van der Waals surface area contributed by atoms with Crippen molar-refractivity contribution < 1.29 is 4.79 Å². The van der Waals surface area contributed by atoms with Gasteiger partial charge in [-0.3, -0.25) is 4.79 Å². The molecule has 0 unspecified atom stereocenters. The summed E-state index contributed by atoms with van der Waals surface area (Å²) in [6.45, 7) is 4.54. The summed E-state index contributed by atoms with van der Waals surface area (Å²) in [5.41, 5.74) is 4.35. The lowest BCUT2D eigenvalue weighted by molar-refractivity contribution is 0.0954. The van der Waals surface area contributed by atoms with Crippen molar-refractivity contribution in [3.63, 3.8) is 0 Å². The molecule has 20 heavy (non-hydrogen) atoms. The van der Waals surface area contributed by atoms with Crippen LogP contribution in [0.2, 0.25) is 0 Å². The highest BCUT2D eigenvalue weighted by atomic mass is 32.1. The van der Waals surface area contributed by atoms with Gasteiger partial charge in [-0.05, 0) is 25.1 Å². The first kappa shape index (κ1) is 14.7. The molecule has 0 spiro atoms. The third kappa shape index (κ3) is 4.15. The van der Waals surface area contributed by atoms with Crippen LogP contribution in [-0.2, 0) is 0 Å². The normalized spacial score (nSPS) is 10.4. The minimum Gasteiger partial charge on any atom is -0.351 e. The lowest BCUT2D eigenvalue weighted by Gasteiger charge is -2.07. The summed E-state index contributed by atoms with van der Waals surface area (Å²) >= 11 is 1.55. The van der Waals surface area contributed by atoms with Crippen molar-refractivity contribution in [1.29, 1.82) is 0 Å². The monoisotopic (exact) mass is 289 g/mol. The summed E-state index contributed by atoms with van der Waals surface area (Å²) in [7, 11) is 0. The predicted octanol–water partition coefficient (Wildman–Crippen LogP) is 2.54. The molecule has 0 radical (unpaired) electrons. The fraction of sp³-hybridized carbons (Fsp3) is 0.333. The second kappa shape index (κ2) is 7.77. The molecule has 2 aromatic rings. The number of nitrogens with zero attached hydrogens (tertiary/aromatic N) is 1. The Labute approximate surface area is 123 Å². The van der Waals surface area contributed by atoms with Crippen LogP contribution in [0.1, 0.15) is 23.7 Å². The van der Waals surface area contributed by atoms with Gasteiger partial charge in [-0.2, -0.15) is 0 Å². The Morgan fingerprint density at radius 3 is 2.95 bits per heavy atom. The first-order chi connectivity index (χ1) is 9.81. The average Bonchev–Trinajstić information content (AvgIpc) is 3.01. The third-order valence-corrected chi connectivity index (χ3v) is 3.45. The molecule has 0 bridgehead atoms. The highest BCUT2D eigenvalue weighted by molar-refractivity contribution is 7.07. The summed E-state index contributed by atoms with van der Waals surface area (Å²) in [4.78, 5) is 16.3. The molecular weight excluding hydrogens is 270 g/mol. The van der Waals surface area contributed by atoms with Gasteiger partial charge >= 0.3 is 0 Å². The second-order valence-corrected chi connectivity index (χ2v) is 5.18. The van der Waals surface area contributed by atoms with Gasteiger partial charge in [0.2, 0.25) is 0 Å². The zero-order valence-electron chi connectivity index (χ0n) is 11.6. The molecule has 1 aromatic heterocycles. The first-order valence-corrected chi connectivity index (χ1v) is 7.73. The van der Waals surface area contributed by atoms with E-state index in [4.69, 9.17) is 0 Å². The van der Waals surface area contributed by atoms with Gasteiger partial charge in [0.05, 0.1) is 11.2 Å². The number of nitrogens with one attached hydrogen (secondary N) is 2. The summed E-state index contributed by atoms with van der Waals surface area (Å²) in [6.07, 6.45) is 1.10. The third-order valence-electron chi connectivity index (χ3n) is 2.87. The largest absolute Gasteiger partial charge is 0.351 e. The highest BCUT2D eigenvalue weighted by Gasteiger charge is 2.07. The summed E-state index contributed by atoms with van der Waals surface area (Å²) in [5.74, 6) is -0.0413. The smallest absolute Gasteiger partial charge is 0.251 e. The number of thiazole rings is 1. The van der Waals surface area contributed by atoms with Gasteiger partial charge in [0, 0.05) is 29.6 Å². The number of amides is 1. The second-order valence-electron chi connectivity index (χ2n) is 4.46. The van der Waals surface area contributed by atoms with Crippen LogP contribution in [-0.4, -0.2) is 30.5 Å². The number of rotatable bonds is 7. The van der Waals surface area contributed by atoms with E-state index in [0.717, 1.165) is 30.8 Å². The number of carbonyl (C=O) groups excluding carboxylic acids is 1. The molecule has 0 saturated heterocycles. The van der Waals surface area contributed by atoms with Crippen LogP contribution in [0.5, 0.6) is 0 Å². The molecular formula is C15H19N3OS. The Hall–Kier alpha value is -1.72. The molecule has 106 valence electrons. The number of hydrogen-bond acceptors (Lipinski definition) is 4. The van der Waals surface area contributed by atoms with Gasteiger partial charge in [-0.25, -0.2) is 4.98 Å². The number of carbonyl (C=O) groups is 1. The number of hydrogen-bond donors (Lipinski definition) is 2. The van der Waals surface area contributed by atoms with E-state index >= 15 is 0 Å². The summed E-state index contributed by atoms with van der Waals surface area (Å²) < 4.78 is 0. The van der Waals surface area contributed by atoms with Crippen molar-refractivity contribution >= 4 is 17.2 Å². The van der Waals surface area contributed by atoms with Gasteiger partial charge in [-0.15, -0.1) is 11.3 Å². The molecule has 5 heteroatoms. The van der Waals surface area contributed by atoms with E-state index in [-0.39, 0.29) is 5.91 Å². The first-order valence-electron chi connectivity index (χ1n) is 6.79. The molecule has 1 amide bonds. The van der Waals surface area contributed by atoms with E-state index in [1.165, 1.54) is 0 Å². The van der Waals surface area contributed by atoms with E-state index in [1.807, 2.05) is 29.6 Å². The van der Waals surface area contributed by atoms with Crippen LogP contribution in [0.4, 0.5) is 0 Å². The SMILES string of the molecule is CCCNCCNC(=O)c1cccc(-c2cscn2)c1. The lowest BCUT2D eigenvalue weighted by Crippen LogP contribution is -2.32. The predicted molar refractivity (Wildman–Crippen MR) is 83.0 cm³/mol. The Bertz CT molecular complexity index is 540. The molecule has 0 atom stereocenters. The Morgan fingerprint density at radius 2 is 2.20 bits per heavy atom. The van der Waals surface area contributed by atoms with Crippen LogP contribution >= 0.6 is 11.3 Å². The van der Waals surface area contributed by atoms with Crippen LogP contribution in [0.15, 0.2) is 35.2 Å². The van der Waals surface area contributed by atoms with Gasteiger partial charge in [0.1, 0.15) is 0 Å². The zero-order valence-corrected chi connectivity index (χ0v) is 12.4. The van der Waals surface area contributed by atoms with Crippen molar-refractivity contribution in [2.45, 2.75) is 13.3 Å².